The van der Waals surface area contributed by atoms with Gasteiger partial charge in [0, 0.05) is 18.6 Å². The van der Waals surface area contributed by atoms with Crippen LogP contribution in [-0.2, 0) is 20.0 Å². The lowest BCUT2D eigenvalue weighted by Gasteiger charge is -2.31. The van der Waals surface area contributed by atoms with Crippen molar-refractivity contribution >= 4 is 6.16 Å². The number of carbonyl (C=O) groups excluding carboxylic acids is 1. The van der Waals surface area contributed by atoms with Crippen LogP contribution >= 0.6 is 0 Å². The highest BCUT2D eigenvalue weighted by atomic mass is 16.8. The predicted molar refractivity (Wildman–Crippen MR) is 63.5 cm³/mol. The van der Waals surface area contributed by atoms with Gasteiger partial charge in [0.15, 0.2) is 0 Å². The second-order valence-electron chi connectivity index (χ2n) is 3.46. The molecule has 0 fully saturated rings. The topological polar surface area (TPSA) is 44.8 Å². The van der Waals surface area contributed by atoms with Crippen molar-refractivity contribution in [3.05, 3.63) is 35.9 Å². The lowest BCUT2D eigenvalue weighted by Crippen LogP contribution is -2.35. The van der Waals surface area contributed by atoms with Crippen LogP contribution in [0.1, 0.15) is 25.8 Å². The molecular formula is C13H18O4. The molecule has 0 radical (unpaired) electrons. The highest BCUT2D eigenvalue weighted by Crippen LogP contribution is 2.31. The summed E-state index contributed by atoms with van der Waals surface area (Å²) < 4.78 is 15.4. The zero-order chi connectivity index (χ0) is 12.7. The summed E-state index contributed by atoms with van der Waals surface area (Å²) in [6, 6.07) is 9.37. The summed E-state index contributed by atoms with van der Waals surface area (Å²) in [7, 11) is 1.28. The average molecular weight is 238 g/mol. The summed E-state index contributed by atoms with van der Waals surface area (Å²) in [5, 5.41) is 0. The number of carbonyl (C=O) groups is 1. The van der Waals surface area contributed by atoms with Gasteiger partial charge in [0.05, 0.1) is 7.11 Å². The van der Waals surface area contributed by atoms with Crippen molar-refractivity contribution in [3.63, 3.8) is 0 Å². The Morgan fingerprint density at radius 3 is 2.35 bits per heavy atom. The molecule has 0 saturated carbocycles. The summed E-state index contributed by atoms with van der Waals surface area (Å²) in [6.07, 6.45) is -0.232. The molecule has 4 nitrogen and oxygen atoms in total. The van der Waals surface area contributed by atoms with E-state index in [0.717, 1.165) is 5.56 Å². The average Bonchev–Trinajstić information content (AvgIpc) is 2.39. The van der Waals surface area contributed by atoms with Crippen molar-refractivity contribution in [2.75, 3.05) is 13.7 Å². The SMILES string of the molecule is CCOC(CC)(OC(=O)OC)c1ccccc1. The minimum absolute atomic E-state index is 0.444. The molecule has 0 N–H and O–H groups in total. The number of rotatable bonds is 5. The Hall–Kier alpha value is -1.55. The molecule has 0 aliphatic rings. The molecule has 0 amide bonds. The third-order valence-electron chi connectivity index (χ3n) is 2.47. The Bertz CT molecular complexity index is 350. The van der Waals surface area contributed by atoms with Crippen LogP contribution < -0.4 is 0 Å². The van der Waals surface area contributed by atoms with Crippen LogP contribution in [0.3, 0.4) is 0 Å². The maximum absolute atomic E-state index is 11.3. The van der Waals surface area contributed by atoms with E-state index >= 15 is 0 Å². The maximum atomic E-state index is 11.3. The zero-order valence-corrected chi connectivity index (χ0v) is 10.4. The summed E-state index contributed by atoms with van der Waals surface area (Å²) in [5.41, 5.74) is 0.801. The number of benzene rings is 1. The molecule has 0 aliphatic carbocycles. The third kappa shape index (κ3) is 3.20. The van der Waals surface area contributed by atoms with Crippen LogP contribution in [-0.4, -0.2) is 19.9 Å². The quantitative estimate of drug-likeness (QED) is 0.584. The van der Waals surface area contributed by atoms with Gasteiger partial charge in [-0.25, -0.2) is 4.79 Å². The van der Waals surface area contributed by atoms with Crippen molar-refractivity contribution in [3.8, 4) is 0 Å². The fourth-order valence-corrected chi connectivity index (χ4v) is 1.65. The van der Waals surface area contributed by atoms with Gasteiger partial charge < -0.3 is 14.2 Å². The number of hydrogen-bond acceptors (Lipinski definition) is 4. The summed E-state index contributed by atoms with van der Waals surface area (Å²) in [5.74, 6) is -1.07. The molecule has 1 rings (SSSR count). The van der Waals surface area contributed by atoms with Gasteiger partial charge in [-0.1, -0.05) is 37.3 Å². The van der Waals surface area contributed by atoms with E-state index < -0.39 is 11.9 Å². The van der Waals surface area contributed by atoms with E-state index in [1.807, 2.05) is 44.2 Å². The first-order valence-electron chi connectivity index (χ1n) is 5.65. The van der Waals surface area contributed by atoms with Crippen molar-refractivity contribution in [2.45, 2.75) is 26.1 Å². The van der Waals surface area contributed by atoms with Crippen LogP contribution in [0.15, 0.2) is 30.3 Å². The highest BCUT2D eigenvalue weighted by molar-refractivity contribution is 5.60. The maximum Gasteiger partial charge on any atom is 0.510 e. The zero-order valence-electron chi connectivity index (χ0n) is 10.4. The van der Waals surface area contributed by atoms with E-state index in [1.54, 1.807) is 0 Å². The van der Waals surface area contributed by atoms with Gasteiger partial charge in [-0.15, -0.1) is 0 Å². The predicted octanol–water partition coefficient (Wildman–Crippen LogP) is 3.07. The lowest BCUT2D eigenvalue weighted by molar-refractivity contribution is -0.220. The van der Waals surface area contributed by atoms with E-state index in [2.05, 4.69) is 4.74 Å². The fourth-order valence-electron chi connectivity index (χ4n) is 1.65. The van der Waals surface area contributed by atoms with Gasteiger partial charge in [0.1, 0.15) is 0 Å². The molecule has 0 spiro atoms. The van der Waals surface area contributed by atoms with Gasteiger partial charge in [-0.2, -0.15) is 0 Å². The first-order chi connectivity index (χ1) is 8.18. The summed E-state index contributed by atoms with van der Waals surface area (Å²) in [4.78, 5) is 11.3. The number of hydrogen-bond donors (Lipinski definition) is 0. The first-order valence-corrected chi connectivity index (χ1v) is 5.65. The summed E-state index contributed by atoms with van der Waals surface area (Å²) in [6.45, 7) is 4.19. The smallest absolute Gasteiger partial charge is 0.438 e. The van der Waals surface area contributed by atoms with Crippen molar-refractivity contribution < 1.29 is 19.0 Å². The number of methoxy groups -OCH3 is 1. The van der Waals surface area contributed by atoms with E-state index in [-0.39, 0.29) is 0 Å². The Morgan fingerprint density at radius 2 is 1.88 bits per heavy atom. The van der Waals surface area contributed by atoms with Crippen LogP contribution in [0.2, 0.25) is 0 Å². The van der Waals surface area contributed by atoms with Crippen LogP contribution in [0.5, 0.6) is 0 Å². The molecule has 17 heavy (non-hydrogen) atoms. The standard InChI is InChI=1S/C13H18O4/c1-4-13(16-5-2,17-12(14)15-3)11-9-7-6-8-10-11/h6-10H,4-5H2,1-3H3. The molecule has 94 valence electrons. The van der Waals surface area contributed by atoms with E-state index in [4.69, 9.17) is 9.47 Å². The molecule has 0 aliphatic heterocycles. The van der Waals surface area contributed by atoms with Crippen LogP contribution in [0.4, 0.5) is 4.79 Å². The summed E-state index contributed by atoms with van der Waals surface area (Å²) >= 11 is 0. The minimum atomic E-state index is -1.07. The van der Waals surface area contributed by atoms with Gasteiger partial charge in [0.2, 0.25) is 5.79 Å². The number of ether oxygens (including phenoxy) is 3. The Kier molecular flexibility index (Phi) is 4.97. The lowest BCUT2D eigenvalue weighted by atomic mass is 10.0. The van der Waals surface area contributed by atoms with Crippen LogP contribution in [0, 0.1) is 0 Å². The molecule has 0 aromatic heterocycles. The molecule has 1 atom stereocenters. The first kappa shape index (κ1) is 13.5. The largest absolute Gasteiger partial charge is 0.510 e. The van der Waals surface area contributed by atoms with Gasteiger partial charge >= 0.3 is 6.16 Å². The van der Waals surface area contributed by atoms with Crippen molar-refractivity contribution in [2.24, 2.45) is 0 Å². The Labute approximate surface area is 101 Å². The molecule has 0 bridgehead atoms. The molecule has 0 heterocycles. The van der Waals surface area contributed by atoms with Crippen LogP contribution in [0.25, 0.3) is 0 Å². The molecule has 0 saturated heterocycles. The third-order valence-corrected chi connectivity index (χ3v) is 2.47. The van der Waals surface area contributed by atoms with Crippen molar-refractivity contribution in [1.82, 2.24) is 0 Å². The van der Waals surface area contributed by atoms with E-state index in [0.29, 0.717) is 13.0 Å². The molecule has 4 heteroatoms. The van der Waals surface area contributed by atoms with Gasteiger partial charge in [-0.3, -0.25) is 0 Å². The van der Waals surface area contributed by atoms with E-state index in [1.165, 1.54) is 7.11 Å². The van der Waals surface area contributed by atoms with Crippen molar-refractivity contribution in [1.29, 1.82) is 0 Å². The second kappa shape index (κ2) is 6.25. The highest BCUT2D eigenvalue weighted by Gasteiger charge is 2.36. The van der Waals surface area contributed by atoms with Gasteiger partial charge in [0.25, 0.3) is 0 Å². The van der Waals surface area contributed by atoms with Gasteiger partial charge in [-0.05, 0) is 6.92 Å². The fraction of sp³-hybridized carbons (Fsp3) is 0.462. The van der Waals surface area contributed by atoms with E-state index in [9.17, 15) is 4.79 Å². The Balaban J connectivity index is 3.04. The molecule has 1 aromatic carbocycles. The second-order valence-corrected chi connectivity index (χ2v) is 3.46. The monoisotopic (exact) mass is 238 g/mol. The molecule has 1 unspecified atom stereocenters. The molecular weight excluding hydrogens is 220 g/mol. The molecule has 1 aromatic rings. The minimum Gasteiger partial charge on any atom is -0.438 e. The normalized spacial score (nSPS) is 13.8. The Morgan fingerprint density at radius 1 is 1.24 bits per heavy atom.